The Bertz CT molecular complexity index is 869. The second kappa shape index (κ2) is 8.36. The summed E-state index contributed by atoms with van der Waals surface area (Å²) in [7, 11) is 4.14. The van der Waals surface area contributed by atoms with Gasteiger partial charge in [-0.1, -0.05) is 34.5 Å². The molecule has 0 amide bonds. The maximum atomic E-state index is 10.3. The van der Waals surface area contributed by atoms with Crippen LogP contribution < -0.4 is 9.47 Å². The van der Waals surface area contributed by atoms with Gasteiger partial charge in [-0.2, -0.15) is 0 Å². The lowest BCUT2D eigenvalue weighted by Crippen LogP contribution is -2.48. The molecule has 0 aromatic heterocycles. The SMILES string of the molecule is COc1cc(Br)c2c3c1O[C@H]1C[C@@H](O)C=CC31CC[N+](C)(CCCN1CCCCC1)C2. The van der Waals surface area contributed by atoms with E-state index < -0.39 is 6.10 Å². The molecule has 4 aliphatic rings. The highest BCUT2D eigenvalue weighted by molar-refractivity contribution is 9.10. The van der Waals surface area contributed by atoms with Gasteiger partial charge < -0.3 is 24.0 Å². The van der Waals surface area contributed by atoms with E-state index in [-0.39, 0.29) is 11.5 Å². The first-order chi connectivity index (χ1) is 14.9. The molecule has 6 heteroatoms. The van der Waals surface area contributed by atoms with E-state index in [1.165, 1.54) is 63.0 Å². The molecule has 31 heavy (non-hydrogen) atoms. The van der Waals surface area contributed by atoms with Gasteiger partial charge in [0.1, 0.15) is 12.6 Å². The lowest BCUT2D eigenvalue weighted by molar-refractivity contribution is -0.922. The normalized spacial score (nSPS) is 34.6. The average Bonchev–Trinajstić information content (AvgIpc) is 3.02. The molecule has 1 fully saturated rings. The molecule has 1 aromatic rings. The number of hydrogen-bond donors (Lipinski definition) is 1. The summed E-state index contributed by atoms with van der Waals surface area (Å²) < 4.78 is 14.4. The van der Waals surface area contributed by atoms with Crippen LogP contribution >= 0.6 is 15.9 Å². The molecular formula is C25H36BrN2O3+. The van der Waals surface area contributed by atoms with E-state index in [0.717, 1.165) is 40.0 Å². The summed E-state index contributed by atoms with van der Waals surface area (Å²) in [6.45, 7) is 7.08. The molecule has 4 atom stereocenters. The van der Waals surface area contributed by atoms with Crippen LogP contribution in [0.4, 0.5) is 0 Å². The maximum Gasteiger partial charge on any atom is 0.166 e. The Labute approximate surface area is 194 Å². The zero-order chi connectivity index (χ0) is 21.6. The molecule has 1 N–H and O–H groups in total. The molecule has 0 radical (unpaired) electrons. The Kier molecular flexibility index (Phi) is 5.87. The van der Waals surface area contributed by atoms with Crippen molar-refractivity contribution in [3.8, 4) is 11.5 Å². The van der Waals surface area contributed by atoms with Gasteiger partial charge in [-0.25, -0.2) is 0 Å². The average molecular weight is 492 g/mol. The largest absolute Gasteiger partial charge is 0.493 e. The fraction of sp³-hybridized carbons (Fsp3) is 0.680. The van der Waals surface area contributed by atoms with Crippen LogP contribution in [0.3, 0.4) is 0 Å². The van der Waals surface area contributed by atoms with E-state index in [0.29, 0.717) is 6.42 Å². The first-order valence-corrected chi connectivity index (χ1v) is 12.7. The van der Waals surface area contributed by atoms with E-state index in [1.807, 2.05) is 6.08 Å². The van der Waals surface area contributed by atoms with Gasteiger partial charge >= 0.3 is 0 Å². The second-order valence-corrected chi connectivity index (χ2v) is 11.1. The minimum atomic E-state index is -0.434. The molecule has 1 spiro atoms. The Hall–Kier alpha value is -1.08. The number of halogens is 1. The van der Waals surface area contributed by atoms with Crippen LogP contribution in [0.25, 0.3) is 0 Å². The predicted molar refractivity (Wildman–Crippen MR) is 126 cm³/mol. The van der Waals surface area contributed by atoms with E-state index in [2.05, 4.69) is 40.0 Å². The number of methoxy groups -OCH3 is 1. The van der Waals surface area contributed by atoms with Crippen LogP contribution in [0.5, 0.6) is 11.5 Å². The fourth-order valence-electron chi connectivity index (χ4n) is 6.34. The minimum Gasteiger partial charge on any atom is -0.493 e. The van der Waals surface area contributed by atoms with Gasteiger partial charge in [0.15, 0.2) is 11.5 Å². The van der Waals surface area contributed by atoms with Crippen molar-refractivity contribution in [3.05, 3.63) is 33.8 Å². The summed E-state index contributed by atoms with van der Waals surface area (Å²) in [4.78, 5) is 2.65. The van der Waals surface area contributed by atoms with Gasteiger partial charge in [-0.05, 0) is 32.0 Å². The highest BCUT2D eigenvalue weighted by atomic mass is 79.9. The molecule has 1 aromatic carbocycles. The molecule has 0 bridgehead atoms. The third-order valence-electron chi connectivity index (χ3n) is 8.12. The number of ether oxygens (including phenoxy) is 2. The minimum absolute atomic E-state index is 0.0238. The summed E-state index contributed by atoms with van der Waals surface area (Å²) in [5, 5.41) is 10.3. The monoisotopic (exact) mass is 491 g/mol. The summed E-state index contributed by atoms with van der Waals surface area (Å²) in [5.41, 5.74) is 2.49. The third kappa shape index (κ3) is 3.84. The standard InChI is InChI=1S/C25H36BrN2O3/c1-28(13-6-12-27-10-4-3-5-11-27)14-9-25-8-7-18(29)15-22(25)31-24-21(30-2)16-20(26)19(17-28)23(24)25/h7-8,16,18,22,29H,3-6,9-15,17H2,1-2H3/q+1/t18-,22-,25?,28?/m0/s1. The maximum absolute atomic E-state index is 10.3. The number of aliphatic hydroxyl groups excluding tert-OH is 1. The first-order valence-electron chi connectivity index (χ1n) is 11.9. The number of piperidine rings is 1. The van der Waals surface area contributed by atoms with Crippen LogP contribution in [0, 0.1) is 0 Å². The number of likely N-dealkylation sites (tertiary alicyclic amines) is 1. The smallest absolute Gasteiger partial charge is 0.166 e. The molecule has 3 heterocycles. The van der Waals surface area contributed by atoms with Crippen LogP contribution in [0.15, 0.2) is 22.7 Å². The highest BCUT2D eigenvalue weighted by Crippen LogP contribution is 2.57. The van der Waals surface area contributed by atoms with Crippen molar-refractivity contribution < 1.29 is 19.1 Å². The molecule has 0 saturated carbocycles. The number of nitrogens with zero attached hydrogens (tertiary/aromatic N) is 2. The Balaban J connectivity index is 1.45. The van der Waals surface area contributed by atoms with Crippen LogP contribution in [-0.4, -0.2) is 73.6 Å². The van der Waals surface area contributed by atoms with Crippen molar-refractivity contribution in [2.75, 3.05) is 46.9 Å². The summed E-state index contributed by atoms with van der Waals surface area (Å²) in [5.74, 6) is 1.69. The highest BCUT2D eigenvalue weighted by Gasteiger charge is 2.55. The molecule has 5 rings (SSSR count). The van der Waals surface area contributed by atoms with Crippen molar-refractivity contribution in [1.29, 1.82) is 0 Å². The Morgan fingerprint density at radius 1 is 1.32 bits per heavy atom. The molecule has 170 valence electrons. The molecule has 3 aliphatic heterocycles. The predicted octanol–water partition coefficient (Wildman–Crippen LogP) is 4.00. The van der Waals surface area contributed by atoms with E-state index in [4.69, 9.17) is 9.47 Å². The first kappa shape index (κ1) is 21.7. The Morgan fingerprint density at radius 3 is 2.90 bits per heavy atom. The van der Waals surface area contributed by atoms with Gasteiger partial charge in [-0.15, -0.1) is 0 Å². The lowest BCUT2D eigenvalue weighted by Gasteiger charge is -2.38. The van der Waals surface area contributed by atoms with Gasteiger partial charge in [0, 0.05) is 41.4 Å². The molecule has 2 unspecified atom stereocenters. The van der Waals surface area contributed by atoms with Crippen molar-refractivity contribution in [2.45, 2.75) is 62.7 Å². The lowest BCUT2D eigenvalue weighted by atomic mass is 9.69. The van der Waals surface area contributed by atoms with Crippen molar-refractivity contribution in [3.63, 3.8) is 0 Å². The van der Waals surface area contributed by atoms with E-state index >= 15 is 0 Å². The molecular weight excluding hydrogens is 456 g/mol. The number of rotatable bonds is 5. The van der Waals surface area contributed by atoms with Crippen molar-refractivity contribution in [1.82, 2.24) is 4.90 Å². The van der Waals surface area contributed by atoms with Gasteiger partial charge in [0.25, 0.3) is 0 Å². The van der Waals surface area contributed by atoms with Gasteiger partial charge in [0.05, 0.1) is 38.8 Å². The topological polar surface area (TPSA) is 41.9 Å². The molecule has 1 aliphatic carbocycles. The van der Waals surface area contributed by atoms with Crippen molar-refractivity contribution >= 4 is 15.9 Å². The van der Waals surface area contributed by atoms with E-state index in [9.17, 15) is 5.11 Å². The second-order valence-electron chi connectivity index (χ2n) is 10.3. The van der Waals surface area contributed by atoms with Crippen molar-refractivity contribution in [2.24, 2.45) is 0 Å². The van der Waals surface area contributed by atoms with Gasteiger partial charge in [0.2, 0.25) is 0 Å². The fourth-order valence-corrected chi connectivity index (χ4v) is 6.87. The quantitative estimate of drug-likeness (QED) is 0.499. The molecule has 1 saturated heterocycles. The van der Waals surface area contributed by atoms with E-state index in [1.54, 1.807) is 7.11 Å². The van der Waals surface area contributed by atoms with Gasteiger partial charge in [-0.3, -0.25) is 0 Å². The van der Waals surface area contributed by atoms with Crippen LogP contribution in [0.2, 0.25) is 0 Å². The third-order valence-corrected chi connectivity index (χ3v) is 8.82. The summed E-state index contributed by atoms with van der Waals surface area (Å²) in [6.07, 6.45) is 10.8. The number of quaternary nitrogens is 1. The number of hydrogen-bond acceptors (Lipinski definition) is 4. The Morgan fingerprint density at radius 2 is 2.13 bits per heavy atom. The summed E-state index contributed by atoms with van der Waals surface area (Å²) >= 11 is 3.88. The summed E-state index contributed by atoms with van der Waals surface area (Å²) in [6, 6.07) is 2.07. The van der Waals surface area contributed by atoms with Crippen LogP contribution in [0.1, 0.15) is 49.7 Å². The van der Waals surface area contributed by atoms with Crippen LogP contribution in [-0.2, 0) is 12.0 Å². The number of aliphatic hydroxyl groups is 1. The number of benzene rings is 1. The zero-order valence-electron chi connectivity index (χ0n) is 18.9. The zero-order valence-corrected chi connectivity index (χ0v) is 20.5. The molecule has 5 nitrogen and oxygen atoms in total.